The molecule has 6 nitrogen and oxygen atoms in total. The summed E-state index contributed by atoms with van der Waals surface area (Å²) >= 11 is 12.2. The molecule has 1 saturated heterocycles. The number of hydrogen-bond donors (Lipinski definition) is 3. The fourth-order valence-corrected chi connectivity index (χ4v) is 6.04. The summed E-state index contributed by atoms with van der Waals surface area (Å²) in [7, 11) is 0. The van der Waals surface area contributed by atoms with E-state index in [-0.39, 0.29) is 33.3 Å². The van der Waals surface area contributed by atoms with Crippen LogP contribution in [0.3, 0.4) is 0 Å². The van der Waals surface area contributed by atoms with Gasteiger partial charge in [0.25, 0.3) is 0 Å². The number of carboxylic acids is 1. The van der Waals surface area contributed by atoms with Crippen molar-refractivity contribution in [1.82, 2.24) is 10.6 Å². The van der Waals surface area contributed by atoms with Gasteiger partial charge in [-0.2, -0.15) is 5.26 Å². The molecule has 1 fully saturated rings. The maximum absolute atomic E-state index is 15.7. The smallest absolute Gasteiger partial charge is 0.338 e. The van der Waals surface area contributed by atoms with E-state index in [1.54, 1.807) is 0 Å². The van der Waals surface area contributed by atoms with Crippen LogP contribution in [0.5, 0.6) is 0 Å². The van der Waals surface area contributed by atoms with Crippen molar-refractivity contribution in [3.63, 3.8) is 0 Å². The van der Waals surface area contributed by atoms with Gasteiger partial charge in [-0.3, -0.25) is 4.79 Å². The summed E-state index contributed by atoms with van der Waals surface area (Å²) in [5.41, 5.74) is -2.55. The fraction of sp³-hybridized carbons (Fsp3) is 0.323. The molecule has 220 valence electrons. The summed E-state index contributed by atoms with van der Waals surface area (Å²) in [6.45, 7) is 5.57. The van der Waals surface area contributed by atoms with Crippen LogP contribution in [0.1, 0.15) is 60.2 Å². The monoisotopic (exact) mass is 617 g/mol. The highest BCUT2D eigenvalue weighted by atomic mass is 35.5. The summed E-state index contributed by atoms with van der Waals surface area (Å²) in [4.78, 5) is 25.0. The van der Waals surface area contributed by atoms with E-state index < -0.39 is 63.7 Å². The van der Waals surface area contributed by atoms with Gasteiger partial charge in [0.05, 0.1) is 22.7 Å². The van der Waals surface area contributed by atoms with Crippen molar-refractivity contribution < 1.29 is 27.9 Å². The molecule has 1 amide bonds. The van der Waals surface area contributed by atoms with Crippen LogP contribution in [0, 0.1) is 34.2 Å². The van der Waals surface area contributed by atoms with Crippen molar-refractivity contribution in [1.29, 1.82) is 5.26 Å². The molecule has 3 aromatic rings. The first-order valence-electron chi connectivity index (χ1n) is 13.1. The van der Waals surface area contributed by atoms with E-state index in [9.17, 15) is 19.2 Å². The number of amides is 1. The predicted molar refractivity (Wildman–Crippen MR) is 153 cm³/mol. The Balaban J connectivity index is 1.85. The molecule has 0 aromatic heterocycles. The van der Waals surface area contributed by atoms with Crippen LogP contribution in [0.2, 0.25) is 10.0 Å². The minimum absolute atomic E-state index is 0.0536. The molecule has 0 saturated carbocycles. The predicted octanol–water partition coefficient (Wildman–Crippen LogP) is 6.75. The van der Waals surface area contributed by atoms with E-state index in [1.807, 2.05) is 20.8 Å². The number of benzene rings is 3. The summed E-state index contributed by atoms with van der Waals surface area (Å²) in [6.07, 6.45) is 0.299. The molecule has 3 aromatic carbocycles. The van der Waals surface area contributed by atoms with Gasteiger partial charge in [0.1, 0.15) is 22.9 Å². The van der Waals surface area contributed by atoms with Gasteiger partial charge in [-0.05, 0) is 53.3 Å². The molecular weight excluding hydrogens is 590 g/mol. The highest BCUT2D eigenvalue weighted by Crippen LogP contribution is 2.52. The summed E-state index contributed by atoms with van der Waals surface area (Å²) in [6, 6.07) is 11.7. The Morgan fingerprint density at radius 3 is 2.38 bits per heavy atom. The molecule has 1 aliphatic rings. The molecule has 3 N–H and O–H groups in total. The Morgan fingerprint density at radius 2 is 1.79 bits per heavy atom. The summed E-state index contributed by atoms with van der Waals surface area (Å²) < 4.78 is 45.6. The van der Waals surface area contributed by atoms with Crippen molar-refractivity contribution in [3.05, 3.63) is 104 Å². The number of rotatable bonds is 7. The Hall–Kier alpha value is -3.58. The quantitative estimate of drug-likeness (QED) is 0.272. The number of halogens is 5. The third-order valence-electron chi connectivity index (χ3n) is 7.46. The molecule has 4 rings (SSSR count). The van der Waals surface area contributed by atoms with Gasteiger partial charge in [-0.15, -0.1) is 0 Å². The van der Waals surface area contributed by atoms with Crippen molar-refractivity contribution in [3.8, 4) is 6.07 Å². The number of carbonyl (C=O) groups is 2. The summed E-state index contributed by atoms with van der Waals surface area (Å²) in [5.74, 6) is -5.95. The Bertz CT molecular complexity index is 1590. The van der Waals surface area contributed by atoms with Gasteiger partial charge >= 0.3 is 5.97 Å². The number of nitrogens with zero attached hydrogens (tertiary/aromatic N) is 1. The second-order valence-electron chi connectivity index (χ2n) is 11.5. The maximum Gasteiger partial charge on any atom is 0.338 e. The van der Waals surface area contributed by atoms with Crippen molar-refractivity contribution in [2.75, 3.05) is 0 Å². The standard InChI is InChI=1S/C31H28Cl2F3N3O3/c1-30(2,3)13-24-31(15-37,20-10-8-17(32)12-23(20)35)25(19-5-4-6-21(33)26(19)36)27(39-24)28(40)38-14-16-7-9-18(29(41)42)22(34)11-16/h4-12,24-25,27,39H,13-14H2,1-3H3,(H,38,40)(H,41,42)/t24-,25-,27+,31-/m0/s1. The van der Waals surface area contributed by atoms with Gasteiger partial charge in [-0.1, -0.05) is 68.2 Å². The molecule has 1 heterocycles. The molecule has 0 aliphatic carbocycles. The number of nitriles is 1. The lowest BCUT2D eigenvalue weighted by Crippen LogP contribution is -2.45. The lowest BCUT2D eigenvalue weighted by molar-refractivity contribution is -0.123. The topological polar surface area (TPSA) is 102 Å². The first-order chi connectivity index (χ1) is 19.7. The van der Waals surface area contributed by atoms with E-state index in [0.29, 0.717) is 6.42 Å². The lowest BCUT2D eigenvalue weighted by atomic mass is 9.62. The molecule has 4 atom stereocenters. The van der Waals surface area contributed by atoms with Crippen molar-refractivity contribution in [2.24, 2.45) is 5.41 Å². The molecule has 11 heteroatoms. The number of aromatic carboxylic acids is 1. The van der Waals surface area contributed by atoms with Gasteiger partial charge in [-0.25, -0.2) is 18.0 Å². The Kier molecular flexibility index (Phi) is 8.93. The van der Waals surface area contributed by atoms with Crippen LogP contribution in [0.4, 0.5) is 13.2 Å². The van der Waals surface area contributed by atoms with E-state index in [2.05, 4.69) is 16.7 Å². The number of nitrogens with one attached hydrogen (secondary N) is 2. The van der Waals surface area contributed by atoms with Crippen LogP contribution in [0.25, 0.3) is 0 Å². The minimum Gasteiger partial charge on any atom is -0.478 e. The molecule has 0 radical (unpaired) electrons. The number of hydrogen-bond acceptors (Lipinski definition) is 4. The zero-order valence-electron chi connectivity index (χ0n) is 22.9. The van der Waals surface area contributed by atoms with Gasteiger partial charge < -0.3 is 15.7 Å². The molecule has 0 spiro atoms. The Labute approximate surface area is 251 Å². The third kappa shape index (κ3) is 5.98. The van der Waals surface area contributed by atoms with Crippen LogP contribution >= 0.6 is 23.2 Å². The Morgan fingerprint density at radius 1 is 1.07 bits per heavy atom. The highest BCUT2D eigenvalue weighted by Gasteiger charge is 2.61. The molecule has 42 heavy (non-hydrogen) atoms. The number of carbonyl (C=O) groups excluding carboxylic acids is 1. The zero-order chi connectivity index (χ0) is 31.0. The normalized spacial score (nSPS) is 22.0. The second-order valence-corrected chi connectivity index (χ2v) is 12.4. The van der Waals surface area contributed by atoms with Crippen molar-refractivity contribution in [2.45, 2.75) is 57.2 Å². The average molecular weight is 618 g/mol. The van der Waals surface area contributed by atoms with E-state index in [1.165, 1.54) is 36.4 Å². The first kappa shape index (κ1) is 31.4. The highest BCUT2D eigenvalue weighted by molar-refractivity contribution is 6.31. The first-order valence-corrected chi connectivity index (χ1v) is 13.8. The van der Waals surface area contributed by atoms with Gasteiger partial charge in [0, 0.05) is 29.1 Å². The third-order valence-corrected chi connectivity index (χ3v) is 7.99. The van der Waals surface area contributed by atoms with E-state index >= 15 is 8.78 Å². The SMILES string of the molecule is CC(C)(C)C[C@@H]1N[C@@H](C(=O)NCc2ccc(C(=O)O)c(F)c2)[C@H](c2cccc(Cl)c2F)[C@@]1(C#N)c1ccc(Cl)cc1F. The fourth-order valence-electron chi connectivity index (χ4n) is 5.70. The molecule has 0 unspecified atom stereocenters. The zero-order valence-corrected chi connectivity index (χ0v) is 24.5. The average Bonchev–Trinajstić information content (AvgIpc) is 3.21. The minimum atomic E-state index is -1.79. The molecule has 1 aliphatic heterocycles. The van der Waals surface area contributed by atoms with E-state index in [4.69, 9.17) is 28.3 Å². The van der Waals surface area contributed by atoms with E-state index in [0.717, 1.165) is 18.2 Å². The van der Waals surface area contributed by atoms with Crippen LogP contribution in [-0.2, 0) is 16.8 Å². The van der Waals surface area contributed by atoms with Crippen LogP contribution in [0.15, 0.2) is 54.6 Å². The largest absolute Gasteiger partial charge is 0.478 e. The molecule has 0 bridgehead atoms. The van der Waals surface area contributed by atoms with Gasteiger partial charge in [0.15, 0.2) is 0 Å². The van der Waals surface area contributed by atoms with Crippen LogP contribution < -0.4 is 10.6 Å². The van der Waals surface area contributed by atoms with Crippen LogP contribution in [-0.4, -0.2) is 29.1 Å². The maximum atomic E-state index is 15.7. The lowest BCUT2D eigenvalue weighted by Gasteiger charge is -2.37. The second kappa shape index (κ2) is 12.0. The number of carboxylic acid groups (broad SMARTS) is 1. The van der Waals surface area contributed by atoms with Crippen molar-refractivity contribution >= 4 is 35.1 Å². The molecular formula is C31H28Cl2F3N3O3. The van der Waals surface area contributed by atoms with Gasteiger partial charge in [0.2, 0.25) is 5.91 Å². The summed E-state index contributed by atoms with van der Waals surface area (Å²) in [5, 5.41) is 25.7.